The van der Waals surface area contributed by atoms with E-state index in [4.69, 9.17) is 9.05 Å². The van der Waals surface area contributed by atoms with Crippen LogP contribution in [-0.4, -0.2) is 33.4 Å². The topological polar surface area (TPSA) is 89.9 Å². The third kappa shape index (κ3) is 3.58. The van der Waals surface area contributed by atoms with Crippen LogP contribution in [0, 0.1) is 0 Å². The molecule has 0 radical (unpaired) electrons. The molecule has 22 heavy (non-hydrogen) atoms. The van der Waals surface area contributed by atoms with E-state index in [-0.39, 0.29) is 0 Å². The average molecular weight is 319 g/mol. The van der Waals surface area contributed by atoms with Crippen LogP contribution in [0.2, 0.25) is 0 Å². The first kappa shape index (κ1) is 14.9. The molecule has 8 heteroatoms. The van der Waals surface area contributed by atoms with E-state index in [0.717, 1.165) is 11.3 Å². The van der Waals surface area contributed by atoms with Crippen LogP contribution >= 0.6 is 11.3 Å². The summed E-state index contributed by atoms with van der Waals surface area (Å²) < 4.78 is 10.5. The minimum Gasteiger partial charge on any atom is -0.339 e. The maximum absolute atomic E-state index is 5.24. The molecule has 0 aliphatic heterocycles. The molecule has 0 saturated heterocycles. The molecule has 3 rings (SSSR count). The van der Waals surface area contributed by atoms with Crippen LogP contribution in [0.1, 0.15) is 24.5 Å². The number of likely N-dealkylation sites (N-methyl/N-ethyl adjacent to an activating group) is 1. The molecule has 0 bridgehead atoms. The van der Waals surface area contributed by atoms with Gasteiger partial charge in [0, 0.05) is 25.3 Å². The van der Waals surface area contributed by atoms with Crippen molar-refractivity contribution in [3.05, 3.63) is 35.1 Å². The lowest BCUT2D eigenvalue weighted by molar-refractivity contribution is 0.351. The Balaban J connectivity index is 1.56. The molecule has 116 valence electrons. The highest BCUT2D eigenvalue weighted by Crippen LogP contribution is 2.21. The zero-order chi connectivity index (χ0) is 15.4. The number of rotatable bonds is 7. The lowest BCUT2D eigenvalue weighted by Gasteiger charge is -2.04. The van der Waals surface area contributed by atoms with Gasteiger partial charge in [0.1, 0.15) is 0 Å². The molecular weight excluding hydrogens is 302 g/mol. The molecule has 1 N–H and O–H groups in total. The highest BCUT2D eigenvalue weighted by molar-refractivity contribution is 7.13. The normalized spacial score (nSPS) is 12.6. The highest BCUT2D eigenvalue weighted by atomic mass is 32.1. The van der Waals surface area contributed by atoms with E-state index in [9.17, 15) is 0 Å². The van der Waals surface area contributed by atoms with Crippen molar-refractivity contribution >= 4 is 11.3 Å². The summed E-state index contributed by atoms with van der Waals surface area (Å²) in [5.41, 5.74) is 0. The van der Waals surface area contributed by atoms with E-state index in [1.54, 1.807) is 11.3 Å². The van der Waals surface area contributed by atoms with Crippen LogP contribution in [0.15, 0.2) is 26.6 Å². The van der Waals surface area contributed by atoms with Gasteiger partial charge < -0.3 is 14.4 Å². The van der Waals surface area contributed by atoms with E-state index >= 15 is 0 Å². The Morgan fingerprint density at radius 1 is 1.18 bits per heavy atom. The van der Waals surface area contributed by atoms with Gasteiger partial charge in [-0.3, -0.25) is 0 Å². The zero-order valence-corrected chi connectivity index (χ0v) is 13.3. The lowest BCUT2D eigenvalue weighted by atomic mass is 10.2. The number of nitrogens with one attached hydrogen (secondary N) is 1. The lowest BCUT2D eigenvalue weighted by Crippen LogP contribution is -2.24. The third-order valence-electron chi connectivity index (χ3n) is 3.25. The van der Waals surface area contributed by atoms with Crippen molar-refractivity contribution in [1.82, 2.24) is 25.6 Å². The summed E-state index contributed by atoms with van der Waals surface area (Å²) >= 11 is 1.58. The standard InChI is InChI=1S/C14H17N5O2S/c1-9(15-2)8-11-16-12(20-18-11)5-6-13-17-14(19-21-13)10-4-3-7-22-10/h3-4,7,9,15H,5-6,8H2,1-2H3. The Hall–Kier alpha value is -2.06. The van der Waals surface area contributed by atoms with Crippen molar-refractivity contribution in [2.75, 3.05) is 7.05 Å². The molecule has 0 fully saturated rings. The minimum atomic E-state index is 0.315. The average Bonchev–Trinajstić information content (AvgIpc) is 3.26. The van der Waals surface area contributed by atoms with Gasteiger partial charge in [-0.25, -0.2) is 0 Å². The molecule has 3 heterocycles. The van der Waals surface area contributed by atoms with Crippen molar-refractivity contribution < 1.29 is 9.05 Å². The zero-order valence-electron chi connectivity index (χ0n) is 12.4. The summed E-state index contributed by atoms with van der Waals surface area (Å²) in [7, 11) is 1.91. The molecule has 0 aliphatic rings. The molecule has 1 atom stereocenters. The largest absolute Gasteiger partial charge is 0.339 e. The molecule has 1 unspecified atom stereocenters. The van der Waals surface area contributed by atoms with Gasteiger partial charge in [-0.05, 0) is 25.4 Å². The number of nitrogens with zero attached hydrogens (tertiary/aromatic N) is 4. The van der Waals surface area contributed by atoms with Crippen LogP contribution in [-0.2, 0) is 19.3 Å². The summed E-state index contributed by atoms with van der Waals surface area (Å²) in [6.07, 6.45) is 1.91. The number of hydrogen-bond donors (Lipinski definition) is 1. The molecule has 3 aromatic heterocycles. The fraction of sp³-hybridized carbons (Fsp3) is 0.429. The van der Waals surface area contributed by atoms with E-state index in [1.165, 1.54) is 0 Å². The number of aromatic nitrogens is 4. The van der Waals surface area contributed by atoms with Crippen LogP contribution in [0.3, 0.4) is 0 Å². The monoisotopic (exact) mass is 319 g/mol. The van der Waals surface area contributed by atoms with Crippen molar-refractivity contribution in [2.45, 2.75) is 32.2 Å². The second-order valence-electron chi connectivity index (χ2n) is 4.99. The molecule has 0 aromatic carbocycles. The molecule has 0 aliphatic carbocycles. The van der Waals surface area contributed by atoms with Gasteiger partial charge >= 0.3 is 0 Å². The molecule has 0 saturated carbocycles. The summed E-state index contributed by atoms with van der Waals surface area (Å²) in [4.78, 5) is 9.73. The van der Waals surface area contributed by atoms with Gasteiger partial charge in [-0.2, -0.15) is 9.97 Å². The maximum Gasteiger partial charge on any atom is 0.227 e. The SMILES string of the molecule is CNC(C)Cc1noc(CCc2nc(-c3cccs3)no2)n1. The fourth-order valence-corrected chi connectivity index (χ4v) is 2.58. The van der Waals surface area contributed by atoms with E-state index < -0.39 is 0 Å². The first-order valence-electron chi connectivity index (χ1n) is 7.10. The Labute approximate surface area is 131 Å². The van der Waals surface area contributed by atoms with Crippen LogP contribution in [0.25, 0.3) is 10.7 Å². The number of aryl methyl sites for hydroxylation is 2. The van der Waals surface area contributed by atoms with Crippen molar-refractivity contribution in [3.8, 4) is 10.7 Å². The summed E-state index contributed by atoms with van der Waals surface area (Å²) in [6.45, 7) is 2.07. The second kappa shape index (κ2) is 6.80. The molecule has 0 spiro atoms. The molecular formula is C14H17N5O2S. The molecule has 0 amide bonds. The predicted octanol–water partition coefficient (Wildman–Crippen LogP) is 2.12. The smallest absolute Gasteiger partial charge is 0.227 e. The fourth-order valence-electron chi connectivity index (χ4n) is 1.93. The Kier molecular flexibility index (Phi) is 4.59. The van der Waals surface area contributed by atoms with Crippen molar-refractivity contribution in [2.24, 2.45) is 0 Å². The van der Waals surface area contributed by atoms with Gasteiger partial charge in [0.15, 0.2) is 5.82 Å². The number of hydrogen-bond acceptors (Lipinski definition) is 8. The van der Waals surface area contributed by atoms with Crippen LogP contribution in [0.4, 0.5) is 0 Å². The second-order valence-corrected chi connectivity index (χ2v) is 5.93. The Morgan fingerprint density at radius 2 is 1.95 bits per heavy atom. The third-order valence-corrected chi connectivity index (χ3v) is 4.12. The summed E-state index contributed by atoms with van der Waals surface area (Å²) in [6, 6.07) is 4.24. The van der Waals surface area contributed by atoms with Crippen molar-refractivity contribution in [3.63, 3.8) is 0 Å². The molecule has 3 aromatic rings. The first-order chi connectivity index (χ1) is 10.7. The quantitative estimate of drug-likeness (QED) is 0.713. The van der Waals surface area contributed by atoms with Crippen LogP contribution in [0.5, 0.6) is 0 Å². The van der Waals surface area contributed by atoms with E-state index in [1.807, 2.05) is 24.6 Å². The van der Waals surface area contributed by atoms with Crippen molar-refractivity contribution in [1.29, 1.82) is 0 Å². The molecule has 7 nitrogen and oxygen atoms in total. The highest BCUT2D eigenvalue weighted by Gasteiger charge is 2.13. The first-order valence-corrected chi connectivity index (χ1v) is 7.97. The minimum absolute atomic E-state index is 0.315. The van der Waals surface area contributed by atoms with Gasteiger partial charge in [0.25, 0.3) is 0 Å². The van der Waals surface area contributed by atoms with Gasteiger partial charge in [0.2, 0.25) is 17.6 Å². The van der Waals surface area contributed by atoms with Crippen LogP contribution < -0.4 is 5.32 Å². The summed E-state index contributed by atoms with van der Waals surface area (Å²) in [5.74, 6) is 2.50. The van der Waals surface area contributed by atoms with Gasteiger partial charge in [0.05, 0.1) is 4.88 Å². The van der Waals surface area contributed by atoms with Gasteiger partial charge in [-0.1, -0.05) is 16.4 Å². The maximum atomic E-state index is 5.24. The number of thiophene rings is 1. The summed E-state index contributed by atoms with van der Waals surface area (Å²) in [5, 5.41) is 13.1. The van der Waals surface area contributed by atoms with E-state index in [2.05, 4.69) is 32.5 Å². The Morgan fingerprint density at radius 3 is 2.68 bits per heavy atom. The Bertz CT molecular complexity index is 706. The van der Waals surface area contributed by atoms with Gasteiger partial charge in [-0.15, -0.1) is 11.3 Å². The van der Waals surface area contributed by atoms with E-state index in [0.29, 0.717) is 42.3 Å². The predicted molar refractivity (Wildman–Crippen MR) is 81.5 cm³/mol.